The summed E-state index contributed by atoms with van der Waals surface area (Å²) in [6.45, 7) is 1.96. The van der Waals surface area contributed by atoms with Crippen LogP contribution in [0.3, 0.4) is 0 Å². The van der Waals surface area contributed by atoms with Crippen LogP contribution in [0.15, 0.2) is 36.4 Å². The average Bonchev–Trinajstić information content (AvgIpc) is 2.77. The van der Waals surface area contributed by atoms with Gasteiger partial charge in [-0.05, 0) is 93.9 Å². The van der Waals surface area contributed by atoms with E-state index in [1.54, 1.807) is 0 Å². The van der Waals surface area contributed by atoms with Gasteiger partial charge in [0.05, 0.1) is 6.67 Å². The fourth-order valence-electron chi connectivity index (χ4n) is 5.85. The van der Waals surface area contributed by atoms with E-state index >= 15 is 0 Å². The number of aryl methyl sites for hydroxylation is 2. The molecule has 0 aliphatic heterocycles. The third-order valence-electron chi connectivity index (χ3n) is 7.84. The maximum Gasteiger partial charge on any atom is 0.0928 e. The molecule has 1 aromatic rings. The smallest absolute Gasteiger partial charge is 0.0928 e. The van der Waals surface area contributed by atoms with Crippen molar-refractivity contribution >= 4 is 0 Å². The van der Waals surface area contributed by atoms with E-state index in [2.05, 4.69) is 37.3 Å². The first-order chi connectivity index (χ1) is 14.2. The van der Waals surface area contributed by atoms with Gasteiger partial charge in [0, 0.05) is 0 Å². The normalized spacial score (nSPS) is 28.1. The lowest BCUT2D eigenvalue weighted by Gasteiger charge is -2.38. The first-order valence-corrected chi connectivity index (χ1v) is 12.5. The third-order valence-corrected chi connectivity index (χ3v) is 7.84. The second kappa shape index (κ2) is 12.6. The second-order valence-corrected chi connectivity index (χ2v) is 9.97. The maximum absolute atomic E-state index is 12.1. The molecule has 1 heteroatoms. The molecule has 0 nitrogen and oxygen atoms in total. The summed E-state index contributed by atoms with van der Waals surface area (Å²) in [5.74, 6) is 3.98. The van der Waals surface area contributed by atoms with E-state index in [1.807, 2.05) is 6.08 Å². The fraction of sp³-hybridized carbons (Fsp3) is 0.714. The highest BCUT2D eigenvalue weighted by Gasteiger charge is 2.30. The molecule has 0 unspecified atom stereocenters. The molecule has 29 heavy (non-hydrogen) atoms. The van der Waals surface area contributed by atoms with Crippen LogP contribution in [0.4, 0.5) is 4.39 Å². The first-order valence-electron chi connectivity index (χ1n) is 12.5. The van der Waals surface area contributed by atoms with Gasteiger partial charge < -0.3 is 0 Å². The molecule has 0 aromatic heterocycles. The van der Waals surface area contributed by atoms with Gasteiger partial charge in [-0.3, -0.25) is 4.39 Å². The zero-order valence-corrected chi connectivity index (χ0v) is 18.8. The van der Waals surface area contributed by atoms with Crippen molar-refractivity contribution in [3.05, 3.63) is 47.5 Å². The molecule has 2 aliphatic carbocycles. The number of rotatable bonds is 10. The van der Waals surface area contributed by atoms with E-state index in [1.165, 1.54) is 88.2 Å². The molecule has 0 N–H and O–H groups in total. The highest BCUT2D eigenvalue weighted by molar-refractivity contribution is 5.21. The molecule has 0 spiro atoms. The molecule has 0 amide bonds. The van der Waals surface area contributed by atoms with Gasteiger partial charge in [-0.1, -0.05) is 74.1 Å². The number of unbranched alkanes of at least 4 members (excludes halogenated alkanes) is 1. The Bertz CT molecular complexity index is 571. The Morgan fingerprint density at radius 1 is 0.759 bits per heavy atom. The molecule has 2 saturated carbocycles. The molecule has 0 saturated heterocycles. The summed E-state index contributed by atoms with van der Waals surface area (Å²) in [6, 6.07) is 9.15. The highest BCUT2D eigenvalue weighted by atomic mass is 19.1. The topological polar surface area (TPSA) is 0 Å². The van der Waals surface area contributed by atoms with E-state index in [-0.39, 0.29) is 6.67 Å². The maximum atomic E-state index is 12.1. The van der Waals surface area contributed by atoms with Gasteiger partial charge in [-0.25, -0.2) is 0 Å². The quantitative estimate of drug-likeness (QED) is 0.273. The highest BCUT2D eigenvalue weighted by Crippen LogP contribution is 2.43. The predicted octanol–water partition coefficient (Wildman–Crippen LogP) is 8.63. The van der Waals surface area contributed by atoms with Crippen molar-refractivity contribution in [3.8, 4) is 0 Å². The van der Waals surface area contributed by atoms with E-state index in [9.17, 15) is 4.39 Å². The Morgan fingerprint density at radius 2 is 1.31 bits per heavy atom. The molecule has 0 radical (unpaired) electrons. The Morgan fingerprint density at radius 3 is 1.90 bits per heavy atom. The molecular formula is C28H43F. The summed E-state index contributed by atoms with van der Waals surface area (Å²) in [7, 11) is 0. The number of hydrogen-bond acceptors (Lipinski definition) is 0. The average molecular weight is 399 g/mol. The Labute approximate surface area is 179 Å². The number of allylic oxidation sites excluding steroid dienone is 2. The van der Waals surface area contributed by atoms with Gasteiger partial charge in [-0.15, -0.1) is 0 Å². The van der Waals surface area contributed by atoms with Gasteiger partial charge in [0.2, 0.25) is 0 Å². The molecule has 0 bridgehead atoms. The lowest BCUT2D eigenvalue weighted by atomic mass is 9.68. The van der Waals surface area contributed by atoms with Crippen molar-refractivity contribution in [1.29, 1.82) is 0 Å². The number of benzene rings is 1. The van der Waals surface area contributed by atoms with Crippen LogP contribution in [-0.2, 0) is 6.42 Å². The van der Waals surface area contributed by atoms with Crippen molar-refractivity contribution in [2.45, 2.75) is 96.8 Å². The minimum absolute atomic E-state index is 0.213. The second-order valence-electron chi connectivity index (χ2n) is 9.97. The lowest BCUT2D eigenvalue weighted by Crippen LogP contribution is -2.26. The Hall–Kier alpha value is -1.11. The number of hydrogen-bond donors (Lipinski definition) is 0. The molecule has 0 atom stereocenters. The largest absolute Gasteiger partial charge is 0.251 e. The van der Waals surface area contributed by atoms with Gasteiger partial charge >= 0.3 is 0 Å². The summed E-state index contributed by atoms with van der Waals surface area (Å²) in [4.78, 5) is 0. The van der Waals surface area contributed by atoms with Crippen LogP contribution in [-0.4, -0.2) is 6.67 Å². The Balaban J connectivity index is 1.27. The summed E-state index contributed by atoms with van der Waals surface area (Å²) in [5.41, 5.74) is 2.89. The van der Waals surface area contributed by atoms with E-state index in [0.29, 0.717) is 6.42 Å². The minimum Gasteiger partial charge on any atom is -0.251 e. The summed E-state index contributed by atoms with van der Waals surface area (Å²) in [5, 5.41) is 0. The van der Waals surface area contributed by atoms with Crippen molar-refractivity contribution in [3.63, 3.8) is 0 Å². The van der Waals surface area contributed by atoms with Crippen LogP contribution < -0.4 is 0 Å². The molecule has 3 rings (SSSR count). The van der Waals surface area contributed by atoms with E-state index in [4.69, 9.17) is 0 Å². The lowest BCUT2D eigenvalue weighted by molar-refractivity contribution is 0.141. The molecule has 1 aromatic carbocycles. The summed E-state index contributed by atoms with van der Waals surface area (Å²) < 4.78 is 12.1. The van der Waals surface area contributed by atoms with Crippen molar-refractivity contribution < 1.29 is 4.39 Å². The van der Waals surface area contributed by atoms with Crippen LogP contribution in [0.25, 0.3) is 0 Å². The van der Waals surface area contributed by atoms with Gasteiger partial charge in [0.1, 0.15) is 0 Å². The van der Waals surface area contributed by atoms with Crippen molar-refractivity contribution in [2.24, 2.45) is 23.7 Å². The standard InChI is InChI=1S/C28H43F/c1-23-8-10-25(11-9-23)12-13-26-16-20-28(21-17-26)27-18-14-24(15-19-27)7-5-3-2-4-6-22-29/h2,4,8-11,24,26-28H,3,5-7,12-22H2,1H3/b4-2+/t24-,26?,27-,28?. The van der Waals surface area contributed by atoms with Crippen LogP contribution >= 0.6 is 0 Å². The first kappa shape index (κ1) is 22.6. The third kappa shape index (κ3) is 7.91. The minimum atomic E-state index is -0.213. The molecular weight excluding hydrogens is 355 g/mol. The fourth-order valence-corrected chi connectivity index (χ4v) is 5.85. The van der Waals surface area contributed by atoms with E-state index < -0.39 is 0 Å². The van der Waals surface area contributed by atoms with Crippen LogP contribution in [0.1, 0.15) is 94.6 Å². The van der Waals surface area contributed by atoms with Crippen LogP contribution in [0.2, 0.25) is 0 Å². The van der Waals surface area contributed by atoms with Crippen molar-refractivity contribution in [2.75, 3.05) is 6.67 Å². The van der Waals surface area contributed by atoms with Gasteiger partial charge in [-0.2, -0.15) is 0 Å². The van der Waals surface area contributed by atoms with Gasteiger partial charge in [0.25, 0.3) is 0 Å². The summed E-state index contributed by atoms with van der Waals surface area (Å²) in [6.07, 6.45) is 23.1. The SMILES string of the molecule is Cc1ccc(CCC2CCC([C@H]3CC[C@H](CCC/C=C/CCF)CC3)CC2)cc1. The van der Waals surface area contributed by atoms with Crippen LogP contribution in [0, 0.1) is 30.6 Å². The molecule has 162 valence electrons. The number of alkyl halides is 1. The van der Waals surface area contributed by atoms with Gasteiger partial charge in [0.15, 0.2) is 0 Å². The monoisotopic (exact) mass is 398 g/mol. The predicted molar refractivity (Wildman–Crippen MR) is 124 cm³/mol. The number of halogens is 1. The van der Waals surface area contributed by atoms with Crippen LogP contribution in [0.5, 0.6) is 0 Å². The Kier molecular flexibility index (Phi) is 9.77. The zero-order valence-electron chi connectivity index (χ0n) is 18.8. The molecule has 2 fully saturated rings. The van der Waals surface area contributed by atoms with E-state index in [0.717, 1.165) is 30.1 Å². The summed E-state index contributed by atoms with van der Waals surface area (Å²) >= 11 is 0. The molecule has 0 heterocycles. The van der Waals surface area contributed by atoms with Crippen molar-refractivity contribution in [1.82, 2.24) is 0 Å². The zero-order chi connectivity index (χ0) is 20.3. The molecule has 2 aliphatic rings.